The lowest BCUT2D eigenvalue weighted by atomic mass is 10.4. The summed E-state index contributed by atoms with van der Waals surface area (Å²) in [6, 6.07) is 3.21. The van der Waals surface area contributed by atoms with Crippen molar-refractivity contribution in [3.63, 3.8) is 0 Å². The monoisotopic (exact) mass is 289 g/mol. The highest BCUT2D eigenvalue weighted by atomic mass is 32.2. The normalized spacial score (nSPS) is 16.1. The first-order valence-electron chi connectivity index (χ1n) is 5.77. The quantitative estimate of drug-likeness (QED) is 0.862. The van der Waals surface area contributed by atoms with Gasteiger partial charge in [0.1, 0.15) is 10.8 Å². The number of rotatable bonds is 6. The molecule has 0 atom stereocenters. The number of aryl methyl sites for hydroxylation is 1. The fraction of sp³-hybridized carbons (Fsp3) is 0.545. The Hall–Kier alpha value is -0.920. The number of carboxylic acid groups (broad SMARTS) is 1. The highest BCUT2D eigenvalue weighted by molar-refractivity contribution is 7.91. The minimum absolute atomic E-state index is 0.140. The zero-order valence-corrected chi connectivity index (χ0v) is 11.6. The van der Waals surface area contributed by atoms with E-state index in [0.717, 1.165) is 28.4 Å². The smallest absolute Gasteiger partial charge is 0.318 e. The summed E-state index contributed by atoms with van der Waals surface area (Å²) in [4.78, 5) is 11.8. The molecule has 1 aliphatic rings. The summed E-state index contributed by atoms with van der Waals surface area (Å²) in [5.41, 5.74) is 0. The van der Waals surface area contributed by atoms with Crippen molar-refractivity contribution in [2.24, 2.45) is 0 Å². The molecule has 0 saturated heterocycles. The highest BCUT2D eigenvalue weighted by Crippen LogP contribution is 2.34. The van der Waals surface area contributed by atoms with E-state index in [1.165, 1.54) is 11.3 Å². The molecule has 18 heavy (non-hydrogen) atoms. The molecule has 1 fully saturated rings. The third-order valence-corrected chi connectivity index (χ3v) is 6.39. The third kappa shape index (κ3) is 2.73. The second-order valence-electron chi connectivity index (χ2n) is 4.25. The van der Waals surface area contributed by atoms with Crippen molar-refractivity contribution in [3.05, 3.63) is 17.0 Å². The Morgan fingerprint density at radius 3 is 2.61 bits per heavy atom. The zero-order valence-electron chi connectivity index (χ0n) is 10.00. The van der Waals surface area contributed by atoms with Gasteiger partial charge in [0, 0.05) is 10.9 Å². The van der Waals surface area contributed by atoms with E-state index in [-0.39, 0.29) is 10.3 Å². The minimum Gasteiger partial charge on any atom is -0.480 e. The van der Waals surface area contributed by atoms with Crippen molar-refractivity contribution in [3.8, 4) is 0 Å². The molecule has 2 rings (SSSR count). The first kappa shape index (κ1) is 13.5. The van der Waals surface area contributed by atoms with Crippen LogP contribution in [0.1, 0.15) is 24.6 Å². The van der Waals surface area contributed by atoms with E-state index < -0.39 is 22.5 Å². The van der Waals surface area contributed by atoms with Crippen LogP contribution < -0.4 is 0 Å². The molecular formula is C11H15NO4S2. The summed E-state index contributed by atoms with van der Waals surface area (Å²) >= 11 is 1.22. The van der Waals surface area contributed by atoms with E-state index in [0.29, 0.717) is 0 Å². The van der Waals surface area contributed by atoms with Gasteiger partial charge >= 0.3 is 5.97 Å². The number of sulfonamides is 1. The van der Waals surface area contributed by atoms with Crippen LogP contribution in [0, 0.1) is 0 Å². The molecule has 0 bridgehead atoms. The predicted octanol–water partition coefficient (Wildman–Crippen LogP) is 1.55. The van der Waals surface area contributed by atoms with E-state index >= 15 is 0 Å². The maximum atomic E-state index is 12.4. The zero-order chi connectivity index (χ0) is 13.3. The first-order chi connectivity index (χ1) is 8.45. The van der Waals surface area contributed by atoms with Crippen LogP contribution in [0.5, 0.6) is 0 Å². The molecule has 5 nitrogen and oxygen atoms in total. The van der Waals surface area contributed by atoms with Gasteiger partial charge < -0.3 is 5.11 Å². The van der Waals surface area contributed by atoms with Crippen molar-refractivity contribution in [1.29, 1.82) is 0 Å². The van der Waals surface area contributed by atoms with Gasteiger partial charge in [0.05, 0.1) is 0 Å². The van der Waals surface area contributed by atoms with Crippen LogP contribution in [0.4, 0.5) is 0 Å². The lowest BCUT2D eigenvalue weighted by molar-refractivity contribution is -0.137. The summed E-state index contributed by atoms with van der Waals surface area (Å²) < 4.78 is 26.1. The molecule has 1 N–H and O–H groups in total. The van der Waals surface area contributed by atoms with Crippen LogP contribution in [-0.4, -0.2) is 36.4 Å². The van der Waals surface area contributed by atoms with Crippen LogP contribution in [0.2, 0.25) is 0 Å². The number of nitrogens with zero attached hydrogens (tertiary/aromatic N) is 1. The number of carbonyl (C=O) groups is 1. The van der Waals surface area contributed by atoms with Gasteiger partial charge in [0.2, 0.25) is 0 Å². The second kappa shape index (κ2) is 4.99. The molecule has 7 heteroatoms. The minimum atomic E-state index is -3.65. The van der Waals surface area contributed by atoms with Gasteiger partial charge in [-0.3, -0.25) is 4.79 Å². The molecule has 0 spiro atoms. The van der Waals surface area contributed by atoms with E-state index in [1.54, 1.807) is 12.1 Å². The molecule has 1 heterocycles. The Bertz CT molecular complexity index is 545. The first-order valence-corrected chi connectivity index (χ1v) is 8.03. The average Bonchev–Trinajstić information content (AvgIpc) is 3.01. The Morgan fingerprint density at radius 1 is 1.50 bits per heavy atom. The van der Waals surface area contributed by atoms with Gasteiger partial charge in [-0.1, -0.05) is 6.92 Å². The number of aliphatic carboxylic acids is 1. The molecule has 1 saturated carbocycles. The molecular weight excluding hydrogens is 274 g/mol. The molecule has 0 amide bonds. The van der Waals surface area contributed by atoms with E-state index in [2.05, 4.69) is 0 Å². The van der Waals surface area contributed by atoms with Crippen molar-refractivity contribution >= 4 is 27.3 Å². The Morgan fingerprint density at radius 2 is 2.17 bits per heavy atom. The summed E-state index contributed by atoms with van der Waals surface area (Å²) in [7, 11) is -3.65. The SMILES string of the molecule is CCc1ccc(S(=O)(=O)N(CC(=O)O)C2CC2)s1. The largest absolute Gasteiger partial charge is 0.480 e. The number of hydrogen-bond acceptors (Lipinski definition) is 4. The van der Waals surface area contributed by atoms with Crippen molar-refractivity contribution < 1.29 is 18.3 Å². The topological polar surface area (TPSA) is 74.7 Å². The van der Waals surface area contributed by atoms with Crippen molar-refractivity contribution in [2.75, 3.05) is 6.54 Å². The predicted molar refractivity (Wildman–Crippen MR) is 68.2 cm³/mol. The van der Waals surface area contributed by atoms with Gasteiger partial charge in [0.15, 0.2) is 0 Å². The van der Waals surface area contributed by atoms with Gasteiger partial charge in [-0.05, 0) is 31.4 Å². The van der Waals surface area contributed by atoms with E-state index in [9.17, 15) is 13.2 Å². The van der Waals surface area contributed by atoms with Crippen LogP contribution in [0.3, 0.4) is 0 Å². The summed E-state index contributed by atoms with van der Waals surface area (Å²) in [5, 5.41) is 8.82. The standard InChI is InChI=1S/C11H15NO4S2/c1-2-9-5-6-11(17-9)18(15,16)12(7-10(13)14)8-3-4-8/h5-6,8H,2-4,7H2,1H3,(H,13,14). The third-order valence-electron chi connectivity index (χ3n) is 2.79. The Labute approximate surface area is 110 Å². The lowest BCUT2D eigenvalue weighted by Crippen LogP contribution is -2.37. The van der Waals surface area contributed by atoms with Gasteiger partial charge in [0.25, 0.3) is 10.0 Å². The Balaban J connectivity index is 2.29. The molecule has 1 aliphatic carbocycles. The van der Waals surface area contributed by atoms with Crippen LogP contribution in [0.15, 0.2) is 16.3 Å². The molecule has 0 aliphatic heterocycles. The number of carboxylic acids is 1. The summed E-state index contributed by atoms with van der Waals surface area (Å²) in [5.74, 6) is -1.11. The maximum Gasteiger partial charge on any atom is 0.318 e. The fourth-order valence-electron chi connectivity index (χ4n) is 1.71. The Kier molecular flexibility index (Phi) is 3.74. The average molecular weight is 289 g/mol. The fourth-order valence-corrected chi connectivity index (χ4v) is 4.77. The number of thiophene rings is 1. The molecule has 0 unspecified atom stereocenters. The second-order valence-corrected chi connectivity index (χ2v) is 7.54. The molecule has 1 aromatic rings. The van der Waals surface area contributed by atoms with E-state index in [1.807, 2.05) is 6.92 Å². The lowest BCUT2D eigenvalue weighted by Gasteiger charge is -2.18. The maximum absolute atomic E-state index is 12.4. The number of hydrogen-bond donors (Lipinski definition) is 1. The van der Waals surface area contributed by atoms with E-state index in [4.69, 9.17) is 5.11 Å². The van der Waals surface area contributed by atoms with Gasteiger partial charge in [-0.2, -0.15) is 4.31 Å². The van der Waals surface area contributed by atoms with Crippen molar-refractivity contribution in [2.45, 2.75) is 36.4 Å². The molecule has 0 radical (unpaired) electrons. The van der Waals surface area contributed by atoms with Crippen LogP contribution >= 0.6 is 11.3 Å². The highest BCUT2D eigenvalue weighted by Gasteiger charge is 2.39. The van der Waals surface area contributed by atoms with Gasteiger partial charge in [-0.15, -0.1) is 11.3 Å². The summed E-state index contributed by atoms with van der Waals surface area (Å²) in [6.45, 7) is 1.50. The van der Waals surface area contributed by atoms with Gasteiger partial charge in [-0.25, -0.2) is 8.42 Å². The summed E-state index contributed by atoms with van der Waals surface area (Å²) in [6.07, 6.45) is 2.28. The molecule has 100 valence electrons. The van der Waals surface area contributed by atoms with Crippen LogP contribution in [0.25, 0.3) is 0 Å². The molecule has 0 aromatic carbocycles. The van der Waals surface area contributed by atoms with Crippen LogP contribution in [-0.2, 0) is 21.2 Å². The van der Waals surface area contributed by atoms with Crippen molar-refractivity contribution in [1.82, 2.24) is 4.31 Å². The molecule has 1 aromatic heterocycles.